The second-order valence-electron chi connectivity index (χ2n) is 6.33. The van der Waals surface area contributed by atoms with Gasteiger partial charge in [0.2, 0.25) is 5.88 Å². The molecule has 1 aromatic carbocycles. The molecule has 0 saturated carbocycles. The third kappa shape index (κ3) is 3.55. The topological polar surface area (TPSA) is 129 Å². The van der Waals surface area contributed by atoms with Gasteiger partial charge in [-0.1, -0.05) is 35.5 Å². The molecule has 4 aromatic rings. The summed E-state index contributed by atoms with van der Waals surface area (Å²) in [6.45, 7) is 1.68. The van der Waals surface area contributed by atoms with Gasteiger partial charge in [0.05, 0.1) is 12.8 Å². The molecule has 30 heavy (non-hydrogen) atoms. The minimum Gasteiger partial charge on any atom is -0.479 e. The van der Waals surface area contributed by atoms with E-state index in [9.17, 15) is 4.79 Å². The van der Waals surface area contributed by atoms with Crippen LogP contribution in [0.4, 0.5) is 11.5 Å². The number of nitrogen functional groups attached to an aromatic ring is 1. The molecule has 3 aromatic heterocycles. The van der Waals surface area contributed by atoms with E-state index in [4.69, 9.17) is 15.0 Å². The van der Waals surface area contributed by atoms with Crippen LogP contribution >= 0.6 is 0 Å². The molecule has 0 atom stereocenters. The largest absolute Gasteiger partial charge is 0.479 e. The predicted octanol–water partition coefficient (Wildman–Crippen LogP) is 3.35. The molecule has 4 rings (SSSR count). The Labute approximate surface area is 171 Å². The molecule has 0 unspecified atom stereocenters. The summed E-state index contributed by atoms with van der Waals surface area (Å²) in [6.07, 6.45) is 3.02. The zero-order valence-electron chi connectivity index (χ0n) is 16.3. The van der Waals surface area contributed by atoms with Gasteiger partial charge >= 0.3 is 0 Å². The van der Waals surface area contributed by atoms with Crippen molar-refractivity contribution in [3.8, 4) is 28.5 Å². The highest BCUT2D eigenvalue weighted by Crippen LogP contribution is 2.30. The first-order chi connectivity index (χ1) is 14.6. The summed E-state index contributed by atoms with van der Waals surface area (Å²) in [5, 5.41) is 6.86. The number of rotatable bonds is 5. The fourth-order valence-electron chi connectivity index (χ4n) is 2.99. The summed E-state index contributed by atoms with van der Waals surface area (Å²) < 4.78 is 10.6. The highest BCUT2D eigenvalue weighted by Gasteiger charge is 2.23. The number of nitrogens with zero attached hydrogens (tertiary/aromatic N) is 4. The molecule has 0 aliphatic heterocycles. The minimum atomic E-state index is -0.389. The number of pyridine rings is 1. The number of methoxy groups -OCH3 is 1. The number of ether oxygens (including phenoxy) is 1. The number of amides is 1. The summed E-state index contributed by atoms with van der Waals surface area (Å²) in [5.74, 6) is 0.472. The highest BCUT2D eigenvalue weighted by atomic mass is 16.5. The second kappa shape index (κ2) is 8.00. The maximum absolute atomic E-state index is 13.0. The second-order valence-corrected chi connectivity index (χ2v) is 6.33. The molecular weight excluding hydrogens is 384 g/mol. The highest BCUT2D eigenvalue weighted by molar-refractivity contribution is 6.09. The predicted molar refractivity (Wildman–Crippen MR) is 111 cm³/mol. The Balaban J connectivity index is 1.66. The maximum Gasteiger partial charge on any atom is 0.261 e. The number of nitrogens with two attached hydrogens (primary N) is 1. The Hall–Kier alpha value is -4.27. The molecule has 9 heteroatoms. The van der Waals surface area contributed by atoms with Gasteiger partial charge in [0.25, 0.3) is 5.91 Å². The first-order valence-electron chi connectivity index (χ1n) is 9.03. The van der Waals surface area contributed by atoms with Crippen molar-refractivity contribution in [2.45, 2.75) is 6.92 Å². The number of carbonyl (C=O) groups excluding carboxylic acids is 1. The van der Waals surface area contributed by atoms with Crippen LogP contribution in [0.2, 0.25) is 0 Å². The lowest BCUT2D eigenvalue weighted by molar-refractivity contribution is 0.102. The van der Waals surface area contributed by atoms with Crippen molar-refractivity contribution in [3.05, 3.63) is 66.2 Å². The molecule has 1 amide bonds. The third-order valence-corrected chi connectivity index (χ3v) is 4.41. The SMILES string of the molecule is COc1nc(-c2nccnc2N)ccc1NC(=O)c1c(-c2ccccc2)noc1C. The molecule has 0 radical (unpaired) electrons. The van der Waals surface area contributed by atoms with Crippen molar-refractivity contribution in [2.24, 2.45) is 0 Å². The van der Waals surface area contributed by atoms with Crippen molar-refractivity contribution in [1.29, 1.82) is 0 Å². The number of anilines is 2. The number of carbonyl (C=O) groups is 1. The van der Waals surface area contributed by atoms with Crippen LogP contribution in [0.15, 0.2) is 59.4 Å². The van der Waals surface area contributed by atoms with Crippen LogP contribution < -0.4 is 15.8 Å². The van der Waals surface area contributed by atoms with E-state index in [2.05, 4.69) is 25.4 Å². The number of aryl methyl sites for hydroxylation is 1. The van der Waals surface area contributed by atoms with E-state index in [-0.39, 0.29) is 17.6 Å². The van der Waals surface area contributed by atoms with Gasteiger partial charge in [-0.15, -0.1) is 0 Å². The van der Waals surface area contributed by atoms with Crippen LogP contribution in [0.3, 0.4) is 0 Å². The van der Waals surface area contributed by atoms with Crippen LogP contribution in [-0.2, 0) is 0 Å². The lowest BCUT2D eigenvalue weighted by Crippen LogP contribution is -2.14. The minimum absolute atomic E-state index is 0.210. The van der Waals surface area contributed by atoms with E-state index in [1.54, 1.807) is 19.1 Å². The summed E-state index contributed by atoms with van der Waals surface area (Å²) in [5.41, 5.74) is 8.73. The molecule has 0 aliphatic carbocycles. The average molecular weight is 402 g/mol. The zero-order chi connectivity index (χ0) is 21.1. The summed E-state index contributed by atoms with van der Waals surface area (Å²) >= 11 is 0. The van der Waals surface area contributed by atoms with Gasteiger partial charge in [0.1, 0.15) is 28.4 Å². The van der Waals surface area contributed by atoms with Crippen LogP contribution in [0.5, 0.6) is 5.88 Å². The van der Waals surface area contributed by atoms with Crippen LogP contribution in [0.1, 0.15) is 16.1 Å². The summed E-state index contributed by atoms with van der Waals surface area (Å²) in [7, 11) is 1.46. The van der Waals surface area contributed by atoms with Gasteiger partial charge in [-0.3, -0.25) is 4.79 Å². The molecular formula is C21H18N6O3. The quantitative estimate of drug-likeness (QED) is 0.520. The maximum atomic E-state index is 13.0. The van der Waals surface area contributed by atoms with Gasteiger partial charge in [-0.25, -0.2) is 15.0 Å². The Bertz CT molecular complexity index is 1210. The average Bonchev–Trinajstić information content (AvgIpc) is 3.16. The molecule has 9 nitrogen and oxygen atoms in total. The number of benzene rings is 1. The van der Waals surface area contributed by atoms with Crippen LogP contribution in [0, 0.1) is 6.92 Å². The van der Waals surface area contributed by atoms with Crippen molar-refractivity contribution in [1.82, 2.24) is 20.1 Å². The fourth-order valence-corrected chi connectivity index (χ4v) is 2.99. The normalized spacial score (nSPS) is 10.6. The van der Waals surface area contributed by atoms with E-state index >= 15 is 0 Å². The molecule has 3 heterocycles. The lowest BCUT2D eigenvalue weighted by Gasteiger charge is -2.11. The van der Waals surface area contributed by atoms with Gasteiger partial charge in [-0.05, 0) is 19.1 Å². The molecule has 0 fully saturated rings. The first kappa shape index (κ1) is 19.1. The summed E-state index contributed by atoms with van der Waals surface area (Å²) in [4.78, 5) is 25.6. The molecule has 0 spiro atoms. The molecule has 0 bridgehead atoms. The standard InChI is InChI=1S/C21H18N6O3/c1-12-16(17(27-30-12)13-6-4-3-5-7-13)20(28)25-15-9-8-14(26-21(15)29-2)18-19(22)24-11-10-23-18/h3-11H,1-2H3,(H2,22,24)(H,25,28). The van der Waals surface area contributed by atoms with E-state index < -0.39 is 0 Å². The van der Waals surface area contributed by atoms with Crippen molar-refractivity contribution >= 4 is 17.4 Å². The van der Waals surface area contributed by atoms with Crippen molar-refractivity contribution in [3.63, 3.8) is 0 Å². The summed E-state index contributed by atoms with van der Waals surface area (Å²) in [6, 6.07) is 12.7. The van der Waals surface area contributed by atoms with Gasteiger partial charge in [0.15, 0.2) is 5.82 Å². The number of nitrogens with one attached hydrogen (secondary N) is 1. The lowest BCUT2D eigenvalue weighted by atomic mass is 10.1. The molecule has 0 aliphatic rings. The third-order valence-electron chi connectivity index (χ3n) is 4.41. The molecule has 150 valence electrons. The van der Waals surface area contributed by atoms with Gasteiger partial charge in [0, 0.05) is 18.0 Å². The van der Waals surface area contributed by atoms with Crippen LogP contribution in [0.25, 0.3) is 22.6 Å². The van der Waals surface area contributed by atoms with Gasteiger partial charge in [-0.2, -0.15) is 0 Å². The number of aromatic nitrogens is 4. The van der Waals surface area contributed by atoms with E-state index in [0.717, 1.165) is 5.56 Å². The monoisotopic (exact) mass is 402 g/mol. The van der Waals surface area contributed by atoms with Gasteiger partial charge < -0.3 is 20.3 Å². The van der Waals surface area contributed by atoms with Crippen molar-refractivity contribution < 1.29 is 14.1 Å². The molecule has 3 N–H and O–H groups in total. The zero-order valence-corrected chi connectivity index (χ0v) is 16.3. The Morgan fingerprint density at radius 3 is 2.57 bits per heavy atom. The fraction of sp³-hybridized carbons (Fsp3) is 0.0952. The van der Waals surface area contributed by atoms with Crippen LogP contribution in [-0.4, -0.2) is 33.1 Å². The smallest absolute Gasteiger partial charge is 0.261 e. The Kier molecular flexibility index (Phi) is 5.08. The Morgan fingerprint density at radius 1 is 1.07 bits per heavy atom. The van der Waals surface area contributed by atoms with E-state index in [1.165, 1.54) is 19.5 Å². The molecule has 0 saturated heterocycles. The number of hydrogen-bond acceptors (Lipinski definition) is 8. The van der Waals surface area contributed by atoms with Crippen molar-refractivity contribution in [2.75, 3.05) is 18.2 Å². The Morgan fingerprint density at radius 2 is 1.83 bits per heavy atom. The first-order valence-corrected chi connectivity index (χ1v) is 9.03. The van der Waals surface area contributed by atoms with E-state index in [1.807, 2.05) is 30.3 Å². The number of hydrogen-bond donors (Lipinski definition) is 2. The van der Waals surface area contributed by atoms with E-state index in [0.29, 0.717) is 34.1 Å².